The number of rotatable bonds is 6. The smallest absolute Gasteiger partial charge is 0.254 e. The maximum absolute atomic E-state index is 14.7. The molecule has 1 aliphatic carbocycles. The number of halogens is 1. The average Bonchev–Trinajstić information content (AvgIpc) is 3.52. The Hall–Kier alpha value is -4.36. The highest BCUT2D eigenvalue weighted by molar-refractivity contribution is 6.09. The van der Waals surface area contributed by atoms with Gasteiger partial charge < -0.3 is 24.8 Å². The van der Waals surface area contributed by atoms with E-state index in [1.807, 2.05) is 19.1 Å². The van der Waals surface area contributed by atoms with Gasteiger partial charge in [0, 0.05) is 50.4 Å². The van der Waals surface area contributed by atoms with Gasteiger partial charge in [0.15, 0.2) is 11.6 Å². The van der Waals surface area contributed by atoms with Crippen LogP contribution < -0.4 is 20.0 Å². The molecule has 1 saturated heterocycles. The Balaban J connectivity index is 1.24. The number of hydrogen-bond donors (Lipinski definition) is 2. The van der Waals surface area contributed by atoms with Gasteiger partial charge in [-0.25, -0.2) is 14.4 Å². The van der Waals surface area contributed by atoms with Crippen LogP contribution in [0.25, 0.3) is 10.9 Å². The predicted octanol–water partition coefficient (Wildman–Crippen LogP) is 4.21. The van der Waals surface area contributed by atoms with Crippen LogP contribution in [0.1, 0.15) is 32.6 Å². The Morgan fingerprint density at radius 3 is 2.55 bits per heavy atom. The number of amides is 1. The highest BCUT2D eigenvalue weighted by Crippen LogP contribution is 2.43. The molecule has 3 aliphatic rings. The van der Waals surface area contributed by atoms with Gasteiger partial charge in [-0.1, -0.05) is 0 Å². The van der Waals surface area contributed by atoms with Crippen molar-refractivity contribution in [2.75, 3.05) is 60.4 Å². The average molecular weight is 601 g/mol. The number of nitrogens with one attached hydrogen (secondary N) is 2. The maximum Gasteiger partial charge on any atom is 0.254 e. The fourth-order valence-electron chi connectivity index (χ4n) is 6.65. The molecule has 4 aromatic rings. The van der Waals surface area contributed by atoms with Crippen LogP contribution >= 0.6 is 0 Å². The maximum atomic E-state index is 14.7. The summed E-state index contributed by atoms with van der Waals surface area (Å²) in [7, 11) is 3.88. The summed E-state index contributed by atoms with van der Waals surface area (Å²) in [5, 5.41) is 10.4. The molecule has 0 unspecified atom stereocenters. The van der Waals surface area contributed by atoms with Crippen molar-refractivity contribution in [1.29, 1.82) is 0 Å². The number of aromatic amines is 1. The largest absolute Gasteiger partial charge is 0.381 e. The number of benzene rings is 1. The Morgan fingerprint density at radius 2 is 1.82 bits per heavy atom. The molecular weight excluding hydrogens is 563 g/mol. The number of H-pyrrole nitrogens is 1. The van der Waals surface area contributed by atoms with Gasteiger partial charge in [-0.2, -0.15) is 10.1 Å². The molecule has 7 rings (SSSR count). The van der Waals surface area contributed by atoms with E-state index in [0.29, 0.717) is 39.7 Å². The van der Waals surface area contributed by atoms with Crippen molar-refractivity contribution >= 4 is 51.5 Å². The van der Waals surface area contributed by atoms with Crippen LogP contribution in [0.5, 0.6) is 0 Å². The summed E-state index contributed by atoms with van der Waals surface area (Å²) in [4.78, 5) is 36.8. The fourth-order valence-corrected chi connectivity index (χ4v) is 6.65. The molecule has 0 spiro atoms. The number of likely N-dealkylation sites (N-methyl/N-ethyl adjacent to an activating group) is 1. The summed E-state index contributed by atoms with van der Waals surface area (Å²) in [5.74, 6) is 1.39. The number of piperazine rings is 1. The molecular formula is C31H37FN10O2. The summed E-state index contributed by atoms with van der Waals surface area (Å²) in [6.45, 7) is 5.72. The van der Waals surface area contributed by atoms with Gasteiger partial charge in [-0.15, -0.1) is 0 Å². The molecule has 13 heteroatoms. The summed E-state index contributed by atoms with van der Waals surface area (Å²) in [6.07, 6.45) is 8.81. The van der Waals surface area contributed by atoms with Crippen molar-refractivity contribution < 1.29 is 13.9 Å². The molecule has 1 atom stereocenters. The first kappa shape index (κ1) is 28.4. The molecule has 12 nitrogen and oxygen atoms in total. The third-order valence-corrected chi connectivity index (χ3v) is 9.18. The van der Waals surface area contributed by atoms with Crippen molar-refractivity contribution in [2.24, 2.45) is 0 Å². The van der Waals surface area contributed by atoms with Crippen molar-refractivity contribution in [3.8, 4) is 0 Å². The lowest BCUT2D eigenvalue weighted by Gasteiger charge is -2.46. The minimum absolute atomic E-state index is 0.0581. The summed E-state index contributed by atoms with van der Waals surface area (Å²) in [6, 6.07) is 6.75. The zero-order chi connectivity index (χ0) is 30.4. The second kappa shape index (κ2) is 11.6. The molecule has 1 aromatic carbocycles. The molecule has 1 saturated carbocycles. The number of nitrogens with zero attached hydrogens (tertiary/aromatic N) is 8. The number of carbonyl (C=O) groups is 1. The van der Waals surface area contributed by atoms with E-state index >= 15 is 0 Å². The van der Waals surface area contributed by atoms with E-state index in [-0.39, 0.29) is 18.1 Å². The Morgan fingerprint density at radius 1 is 1.02 bits per heavy atom. The van der Waals surface area contributed by atoms with E-state index in [2.05, 4.69) is 42.2 Å². The van der Waals surface area contributed by atoms with Crippen molar-refractivity contribution in [3.05, 3.63) is 48.7 Å². The highest BCUT2D eigenvalue weighted by Gasteiger charge is 2.42. The van der Waals surface area contributed by atoms with E-state index < -0.39 is 11.9 Å². The minimum atomic E-state index is -0.466. The summed E-state index contributed by atoms with van der Waals surface area (Å²) >= 11 is 0. The monoisotopic (exact) mass is 600 g/mol. The second-order valence-corrected chi connectivity index (χ2v) is 11.9. The van der Waals surface area contributed by atoms with Crippen LogP contribution in [-0.4, -0.2) is 94.5 Å². The van der Waals surface area contributed by atoms with Gasteiger partial charge in [-0.3, -0.25) is 14.8 Å². The Bertz CT molecular complexity index is 1650. The number of pyridine rings is 1. The first-order chi connectivity index (χ1) is 21.4. The molecule has 0 bridgehead atoms. The van der Waals surface area contributed by atoms with Gasteiger partial charge >= 0.3 is 0 Å². The third kappa shape index (κ3) is 5.19. The third-order valence-electron chi connectivity index (χ3n) is 9.18. The standard InChI is InChI=1S/C31H37FN10O2/c1-19-30(43)42(23-6-9-27(33-17-23)40-12-10-39(2)11-13-40)26-18-34-31(36-21-14-20-16-35-38-28(20)25(32)15-21)37-29(26)41(19)22-4-7-24(44-3)8-5-22/h6,9,14-19,22,24H,4-5,7-8,10-13H2,1-3H3,(H,35,38)(H,34,36,37)/t19-,22?,24?/m1/s1. The van der Waals surface area contributed by atoms with Crippen LogP contribution in [0.15, 0.2) is 42.9 Å². The van der Waals surface area contributed by atoms with Gasteiger partial charge in [0.25, 0.3) is 5.91 Å². The van der Waals surface area contributed by atoms with E-state index in [9.17, 15) is 9.18 Å². The molecule has 2 aliphatic heterocycles. The van der Waals surface area contributed by atoms with Gasteiger partial charge in [0.05, 0.1) is 30.4 Å². The first-order valence-electron chi connectivity index (χ1n) is 15.2. The topological polar surface area (TPSA) is 119 Å². The van der Waals surface area contributed by atoms with Gasteiger partial charge in [0.1, 0.15) is 23.1 Å². The highest BCUT2D eigenvalue weighted by atomic mass is 19.1. The zero-order valence-corrected chi connectivity index (χ0v) is 25.2. The summed E-state index contributed by atoms with van der Waals surface area (Å²) < 4.78 is 20.3. The number of methoxy groups -OCH3 is 1. The molecule has 230 valence electrons. The second-order valence-electron chi connectivity index (χ2n) is 11.9. The van der Waals surface area contributed by atoms with Crippen LogP contribution in [0.2, 0.25) is 0 Å². The van der Waals surface area contributed by atoms with Crippen LogP contribution in [0, 0.1) is 5.82 Å². The number of carbonyl (C=O) groups excluding carboxylic acids is 1. The van der Waals surface area contributed by atoms with Crippen molar-refractivity contribution in [2.45, 2.75) is 50.8 Å². The fraction of sp³-hybridized carbons (Fsp3) is 0.452. The van der Waals surface area contributed by atoms with Crippen LogP contribution in [0.3, 0.4) is 0 Å². The lowest BCUT2D eigenvalue weighted by Crippen LogP contribution is -2.55. The normalized spacial score (nSPS) is 22.9. The van der Waals surface area contributed by atoms with E-state index in [0.717, 1.165) is 57.7 Å². The van der Waals surface area contributed by atoms with Crippen LogP contribution in [-0.2, 0) is 9.53 Å². The number of ether oxygens (including phenoxy) is 1. The first-order valence-corrected chi connectivity index (χ1v) is 15.2. The van der Waals surface area contributed by atoms with Crippen molar-refractivity contribution in [3.63, 3.8) is 0 Å². The van der Waals surface area contributed by atoms with Crippen LogP contribution in [0.4, 0.5) is 39.0 Å². The van der Waals surface area contributed by atoms with E-state index in [1.165, 1.54) is 6.07 Å². The van der Waals surface area contributed by atoms with E-state index in [1.54, 1.807) is 36.7 Å². The predicted molar refractivity (Wildman–Crippen MR) is 167 cm³/mol. The number of aromatic nitrogens is 5. The minimum Gasteiger partial charge on any atom is -0.381 e. The SMILES string of the molecule is COC1CCC(N2c3nc(Nc4cc(F)c5[nH]ncc5c4)ncc3N(c3ccc(N4CCN(C)CC4)nc3)C(=O)[C@H]2C)CC1. The quantitative estimate of drug-likeness (QED) is 0.333. The van der Waals surface area contributed by atoms with Gasteiger partial charge in [-0.05, 0) is 63.9 Å². The molecule has 3 aromatic heterocycles. The Labute approximate surface area is 255 Å². The van der Waals surface area contributed by atoms with E-state index in [4.69, 9.17) is 14.7 Å². The lowest BCUT2D eigenvalue weighted by atomic mass is 9.90. The Kier molecular flexibility index (Phi) is 7.50. The number of hydrogen-bond acceptors (Lipinski definition) is 10. The lowest BCUT2D eigenvalue weighted by molar-refractivity contribution is -0.119. The zero-order valence-electron chi connectivity index (χ0n) is 25.2. The molecule has 44 heavy (non-hydrogen) atoms. The molecule has 2 N–H and O–H groups in total. The number of fused-ring (bicyclic) bond motifs is 2. The molecule has 0 radical (unpaired) electrons. The summed E-state index contributed by atoms with van der Waals surface area (Å²) in [5.41, 5.74) is 2.11. The molecule has 5 heterocycles. The van der Waals surface area contributed by atoms with Crippen molar-refractivity contribution in [1.82, 2.24) is 30.0 Å². The molecule has 1 amide bonds. The van der Waals surface area contributed by atoms with Gasteiger partial charge in [0.2, 0.25) is 5.95 Å². The molecule has 2 fully saturated rings. The number of anilines is 6.